The summed E-state index contributed by atoms with van der Waals surface area (Å²) in [5.41, 5.74) is 0.375. The molecule has 0 radical (unpaired) electrons. The van der Waals surface area contributed by atoms with Gasteiger partial charge in [-0.05, 0) is 30.4 Å². The van der Waals surface area contributed by atoms with E-state index < -0.39 is 11.4 Å². The summed E-state index contributed by atoms with van der Waals surface area (Å²) in [5.74, 6) is -1.39. The number of hydrogen-bond donors (Lipinski definition) is 3. The molecule has 0 saturated heterocycles. The second kappa shape index (κ2) is 7.26. The summed E-state index contributed by atoms with van der Waals surface area (Å²) < 4.78 is 0. The topological polar surface area (TPSA) is 95.5 Å². The third-order valence-corrected chi connectivity index (χ3v) is 4.40. The van der Waals surface area contributed by atoms with Crippen molar-refractivity contribution in [3.63, 3.8) is 0 Å². The van der Waals surface area contributed by atoms with Crippen LogP contribution in [0.2, 0.25) is 0 Å². The smallest absolute Gasteiger partial charge is 0.303 e. The molecule has 0 atom stereocenters. The zero-order valence-electron chi connectivity index (χ0n) is 13.2. The Morgan fingerprint density at radius 3 is 2.39 bits per heavy atom. The molecule has 23 heavy (non-hydrogen) atoms. The van der Waals surface area contributed by atoms with Crippen LogP contribution in [0.25, 0.3) is 0 Å². The third kappa shape index (κ3) is 4.31. The largest absolute Gasteiger partial charge is 0.481 e. The van der Waals surface area contributed by atoms with Crippen molar-refractivity contribution < 1.29 is 19.5 Å². The van der Waals surface area contributed by atoms with E-state index in [9.17, 15) is 14.4 Å². The first kappa shape index (κ1) is 17.0. The fourth-order valence-electron chi connectivity index (χ4n) is 3.32. The van der Waals surface area contributed by atoms with Crippen molar-refractivity contribution in [3.8, 4) is 0 Å². The van der Waals surface area contributed by atoms with E-state index in [0.717, 1.165) is 25.7 Å². The van der Waals surface area contributed by atoms with Gasteiger partial charge >= 0.3 is 5.97 Å². The molecule has 6 nitrogen and oxygen atoms in total. The van der Waals surface area contributed by atoms with Gasteiger partial charge in [-0.25, -0.2) is 0 Å². The number of aliphatic carboxylic acids is 1. The molecule has 0 aromatic heterocycles. The average molecular weight is 318 g/mol. The number of anilines is 1. The summed E-state index contributed by atoms with van der Waals surface area (Å²) in [5, 5.41) is 14.4. The number of para-hydroxylation sites is 1. The molecule has 0 heterocycles. The van der Waals surface area contributed by atoms with E-state index in [1.54, 1.807) is 24.3 Å². The Morgan fingerprint density at radius 1 is 1.13 bits per heavy atom. The van der Waals surface area contributed by atoms with E-state index in [-0.39, 0.29) is 24.7 Å². The highest BCUT2D eigenvalue weighted by molar-refractivity contribution is 6.03. The number of rotatable bonds is 6. The first-order chi connectivity index (χ1) is 11.0. The van der Waals surface area contributed by atoms with Crippen LogP contribution in [0.1, 0.15) is 48.9 Å². The maximum Gasteiger partial charge on any atom is 0.303 e. The van der Waals surface area contributed by atoms with Crippen LogP contribution in [-0.2, 0) is 9.59 Å². The number of amides is 2. The number of carbonyl (C=O) groups excluding carboxylic acids is 2. The van der Waals surface area contributed by atoms with Crippen LogP contribution >= 0.6 is 0 Å². The molecule has 0 unspecified atom stereocenters. The molecule has 0 bridgehead atoms. The van der Waals surface area contributed by atoms with Crippen LogP contribution in [0.15, 0.2) is 24.3 Å². The van der Waals surface area contributed by atoms with Crippen molar-refractivity contribution in [2.45, 2.75) is 38.5 Å². The minimum absolute atomic E-state index is 0.0114. The van der Waals surface area contributed by atoms with Gasteiger partial charge in [-0.2, -0.15) is 0 Å². The standard InChI is InChI=1S/C17H22N2O4/c1-18-16(23)12-6-2-3-7-13(12)19-14(20)10-17(11-15(21)22)8-4-5-9-17/h2-3,6-7H,4-5,8-11H2,1H3,(H,18,23)(H,19,20)(H,21,22). The predicted molar refractivity (Wildman–Crippen MR) is 86.2 cm³/mol. The van der Waals surface area contributed by atoms with Gasteiger partial charge in [0.2, 0.25) is 5.91 Å². The lowest BCUT2D eigenvalue weighted by Gasteiger charge is -2.26. The summed E-state index contributed by atoms with van der Waals surface area (Å²) in [6.45, 7) is 0. The molecule has 0 aliphatic heterocycles. The van der Waals surface area contributed by atoms with E-state index in [1.165, 1.54) is 7.05 Å². The molecule has 1 aliphatic rings. The Hall–Kier alpha value is -2.37. The molecule has 1 aliphatic carbocycles. The number of hydrogen-bond acceptors (Lipinski definition) is 3. The SMILES string of the molecule is CNC(=O)c1ccccc1NC(=O)CC1(CC(=O)O)CCCC1. The number of nitrogens with one attached hydrogen (secondary N) is 2. The molecule has 3 N–H and O–H groups in total. The highest BCUT2D eigenvalue weighted by Crippen LogP contribution is 2.44. The Bertz CT molecular complexity index is 606. The highest BCUT2D eigenvalue weighted by atomic mass is 16.4. The first-order valence-electron chi connectivity index (χ1n) is 7.78. The van der Waals surface area contributed by atoms with Crippen LogP contribution in [0.4, 0.5) is 5.69 Å². The van der Waals surface area contributed by atoms with Gasteiger partial charge in [0.1, 0.15) is 0 Å². The number of carbonyl (C=O) groups is 3. The predicted octanol–water partition coefficient (Wildman–Crippen LogP) is 2.41. The molecule has 1 aromatic carbocycles. The van der Waals surface area contributed by atoms with Gasteiger partial charge < -0.3 is 15.7 Å². The highest BCUT2D eigenvalue weighted by Gasteiger charge is 2.38. The van der Waals surface area contributed by atoms with Crippen molar-refractivity contribution in [2.24, 2.45) is 5.41 Å². The van der Waals surface area contributed by atoms with Crippen LogP contribution in [-0.4, -0.2) is 29.9 Å². The monoisotopic (exact) mass is 318 g/mol. The van der Waals surface area contributed by atoms with Crippen LogP contribution in [0.3, 0.4) is 0 Å². The third-order valence-electron chi connectivity index (χ3n) is 4.40. The number of carboxylic acids is 1. The zero-order valence-corrected chi connectivity index (χ0v) is 13.2. The number of benzene rings is 1. The summed E-state index contributed by atoms with van der Waals surface area (Å²) in [7, 11) is 1.53. The Kier molecular flexibility index (Phi) is 5.36. The fourth-order valence-corrected chi connectivity index (χ4v) is 3.32. The van der Waals surface area contributed by atoms with Crippen LogP contribution < -0.4 is 10.6 Å². The van der Waals surface area contributed by atoms with Gasteiger partial charge in [0, 0.05) is 13.5 Å². The molecule has 124 valence electrons. The lowest BCUT2D eigenvalue weighted by atomic mass is 9.79. The van der Waals surface area contributed by atoms with E-state index in [0.29, 0.717) is 11.3 Å². The number of carboxylic acid groups (broad SMARTS) is 1. The normalized spacial score (nSPS) is 15.9. The average Bonchev–Trinajstić information content (AvgIpc) is 2.93. The van der Waals surface area contributed by atoms with Crippen molar-refractivity contribution in [1.29, 1.82) is 0 Å². The molecule has 1 fully saturated rings. The summed E-state index contributed by atoms with van der Waals surface area (Å²) in [6, 6.07) is 6.77. The second-order valence-electron chi connectivity index (χ2n) is 6.13. The van der Waals surface area contributed by atoms with Gasteiger partial charge in [0.15, 0.2) is 0 Å². The minimum Gasteiger partial charge on any atom is -0.481 e. The lowest BCUT2D eigenvalue weighted by Crippen LogP contribution is -2.28. The Morgan fingerprint density at radius 2 is 1.78 bits per heavy atom. The molecule has 2 amide bonds. The lowest BCUT2D eigenvalue weighted by molar-refractivity contribution is -0.140. The molecular weight excluding hydrogens is 296 g/mol. The van der Waals surface area contributed by atoms with Crippen LogP contribution in [0, 0.1) is 5.41 Å². The van der Waals surface area contributed by atoms with Gasteiger partial charge in [-0.15, -0.1) is 0 Å². The molecule has 1 aromatic rings. The van der Waals surface area contributed by atoms with Gasteiger partial charge in [-0.3, -0.25) is 14.4 Å². The van der Waals surface area contributed by atoms with E-state index in [4.69, 9.17) is 5.11 Å². The molecule has 6 heteroatoms. The van der Waals surface area contributed by atoms with Gasteiger partial charge in [0.05, 0.1) is 17.7 Å². The van der Waals surface area contributed by atoms with Crippen LogP contribution in [0.5, 0.6) is 0 Å². The maximum atomic E-state index is 12.4. The van der Waals surface area contributed by atoms with Gasteiger partial charge in [0.25, 0.3) is 5.91 Å². The summed E-state index contributed by atoms with van der Waals surface area (Å²) in [6.07, 6.45) is 3.59. The molecule has 2 rings (SSSR count). The van der Waals surface area contributed by atoms with Crippen molar-refractivity contribution >= 4 is 23.5 Å². The quantitative estimate of drug-likeness (QED) is 0.750. The van der Waals surface area contributed by atoms with E-state index in [2.05, 4.69) is 10.6 Å². The van der Waals surface area contributed by atoms with Crippen molar-refractivity contribution in [3.05, 3.63) is 29.8 Å². The second-order valence-corrected chi connectivity index (χ2v) is 6.13. The van der Waals surface area contributed by atoms with E-state index in [1.807, 2.05) is 0 Å². The Balaban J connectivity index is 2.10. The molecule has 0 spiro atoms. The van der Waals surface area contributed by atoms with Crippen molar-refractivity contribution in [2.75, 3.05) is 12.4 Å². The fraction of sp³-hybridized carbons (Fsp3) is 0.471. The van der Waals surface area contributed by atoms with Crippen molar-refractivity contribution in [1.82, 2.24) is 5.32 Å². The van der Waals surface area contributed by atoms with Gasteiger partial charge in [-0.1, -0.05) is 25.0 Å². The Labute approximate surface area is 135 Å². The summed E-state index contributed by atoms with van der Waals surface area (Å²) in [4.78, 5) is 35.3. The minimum atomic E-state index is -0.870. The molecule has 1 saturated carbocycles. The zero-order chi connectivity index (χ0) is 16.9. The maximum absolute atomic E-state index is 12.4. The molecular formula is C17H22N2O4. The van der Waals surface area contributed by atoms with E-state index >= 15 is 0 Å². The first-order valence-corrected chi connectivity index (χ1v) is 7.78. The summed E-state index contributed by atoms with van der Waals surface area (Å²) >= 11 is 0.